The fraction of sp³-hybridized carbons (Fsp3) is 0.421. The maximum absolute atomic E-state index is 12.7. The van der Waals surface area contributed by atoms with Crippen molar-refractivity contribution in [3.05, 3.63) is 51.5 Å². The number of thioether (sulfide) groups is 1. The summed E-state index contributed by atoms with van der Waals surface area (Å²) < 4.78 is 0. The Hall–Kier alpha value is -1.86. The Kier molecular flexibility index (Phi) is 7.23. The van der Waals surface area contributed by atoms with Crippen molar-refractivity contribution in [3.8, 4) is 0 Å². The van der Waals surface area contributed by atoms with Crippen molar-refractivity contribution in [2.45, 2.75) is 44.7 Å². The van der Waals surface area contributed by atoms with Gasteiger partial charge in [0.25, 0.3) is 0 Å². The lowest BCUT2D eigenvalue weighted by Crippen LogP contribution is -2.37. The van der Waals surface area contributed by atoms with Crippen LogP contribution in [0, 0.1) is 12.8 Å². The minimum Gasteiger partial charge on any atom is -0.477 e. The van der Waals surface area contributed by atoms with E-state index in [2.05, 4.69) is 22.4 Å². The molecule has 2 aromatic rings. The lowest BCUT2D eigenvalue weighted by molar-refractivity contribution is -0.121. The standard InChI is InChI=1S/C19H24N2O3S2/c1-11(2)15(25-10-14-8-6-5-7-9-14)17(22)20-13(4)18-21-12(3)16(26-18)19(23)24/h5-9,11,13,15H,10H2,1-4H3,(H,20,22)(H,23,24). The van der Waals surface area contributed by atoms with Crippen LogP contribution in [0.15, 0.2) is 30.3 Å². The van der Waals surface area contributed by atoms with Crippen molar-refractivity contribution in [2.75, 3.05) is 0 Å². The van der Waals surface area contributed by atoms with E-state index >= 15 is 0 Å². The van der Waals surface area contributed by atoms with Crippen LogP contribution in [-0.4, -0.2) is 27.2 Å². The van der Waals surface area contributed by atoms with Crippen molar-refractivity contribution < 1.29 is 14.7 Å². The van der Waals surface area contributed by atoms with Crippen LogP contribution in [0.3, 0.4) is 0 Å². The number of benzene rings is 1. The summed E-state index contributed by atoms with van der Waals surface area (Å²) in [5.74, 6) is -0.0738. The summed E-state index contributed by atoms with van der Waals surface area (Å²) in [7, 11) is 0. The summed E-state index contributed by atoms with van der Waals surface area (Å²) in [5.41, 5.74) is 1.67. The summed E-state index contributed by atoms with van der Waals surface area (Å²) in [4.78, 5) is 28.4. The molecule has 0 fully saturated rings. The molecule has 26 heavy (non-hydrogen) atoms. The average Bonchev–Trinajstić information content (AvgIpc) is 2.98. The second-order valence-corrected chi connectivity index (χ2v) is 8.62. The minimum atomic E-state index is -0.983. The molecule has 0 aliphatic carbocycles. The van der Waals surface area contributed by atoms with Gasteiger partial charge >= 0.3 is 5.97 Å². The number of amides is 1. The molecule has 2 N–H and O–H groups in total. The lowest BCUT2D eigenvalue weighted by atomic mass is 10.1. The third-order valence-corrected chi connectivity index (χ3v) is 6.82. The fourth-order valence-electron chi connectivity index (χ4n) is 2.49. The van der Waals surface area contributed by atoms with Gasteiger partial charge in [-0.15, -0.1) is 23.1 Å². The SMILES string of the molecule is Cc1nc(C(C)NC(=O)C(SCc2ccccc2)C(C)C)sc1C(=O)O. The molecular weight excluding hydrogens is 368 g/mol. The largest absolute Gasteiger partial charge is 0.477 e. The topological polar surface area (TPSA) is 79.3 Å². The van der Waals surface area contributed by atoms with E-state index in [1.165, 1.54) is 5.56 Å². The van der Waals surface area contributed by atoms with Crippen LogP contribution >= 0.6 is 23.1 Å². The van der Waals surface area contributed by atoms with E-state index in [-0.39, 0.29) is 28.0 Å². The second-order valence-electron chi connectivity index (χ2n) is 6.46. The van der Waals surface area contributed by atoms with Crippen molar-refractivity contribution >= 4 is 35.0 Å². The molecule has 1 amide bonds. The van der Waals surface area contributed by atoms with Gasteiger partial charge in [0.05, 0.1) is 17.0 Å². The first-order chi connectivity index (χ1) is 12.3. The molecule has 1 aromatic heterocycles. The predicted molar refractivity (Wildman–Crippen MR) is 107 cm³/mol. The van der Waals surface area contributed by atoms with Gasteiger partial charge in [-0.3, -0.25) is 4.79 Å². The van der Waals surface area contributed by atoms with Crippen molar-refractivity contribution in [1.82, 2.24) is 10.3 Å². The first-order valence-corrected chi connectivity index (χ1v) is 10.3. The van der Waals surface area contributed by atoms with E-state index in [0.717, 1.165) is 17.1 Å². The number of aryl methyl sites for hydroxylation is 1. The molecule has 5 nitrogen and oxygen atoms in total. The number of aromatic nitrogens is 1. The predicted octanol–water partition coefficient (Wildman–Crippen LogP) is 4.28. The third-order valence-electron chi connectivity index (χ3n) is 3.87. The Morgan fingerprint density at radius 1 is 1.23 bits per heavy atom. The molecule has 140 valence electrons. The number of hydrogen-bond acceptors (Lipinski definition) is 5. The zero-order valence-electron chi connectivity index (χ0n) is 15.4. The van der Waals surface area contributed by atoms with Crippen LogP contribution in [0.1, 0.15) is 52.7 Å². The zero-order valence-corrected chi connectivity index (χ0v) is 17.0. The first kappa shape index (κ1) is 20.5. The van der Waals surface area contributed by atoms with Gasteiger partial charge in [0.15, 0.2) is 0 Å². The number of nitrogens with one attached hydrogen (secondary N) is 1. The quantitative estimate of drug-likeness (QED) is 0.701. The molecule has 0 radical (unpaired) electrons. The Bertz CT molecular complexity index is 759. The van der Waals surface area contributed by atoms with E-state index in [0.29, 0.717) is 10.7 Å². The van der Waals surface area contributed by atoms with Crippen LogP contribution in [0.4, 0.5) is 0 Å². The molecule has 0 spiro atoms. The Morgan fingerprint density at radius 3 is 2.42 bits per heavy atom. The Morgan fingerprint density at radius 2 is 1.88 bits per heavy atom. The normalized spacial score (nSPS) is 13.4. The lowest BCUT2D eigenvalue weighted by Gasteiger charge is -2.22. The maximum Gasteiger partial charge on any atom is 0.347 e. The number of carbonyl (C=O) groups is 2. The van der Waals surface area contributed by atoms with Gasteiger partial charge in [-0.1, -0.05) is 44.2 Å². The van der Waals surface area contributed by atoms with Crippen LogP contribution in [0.5, 0.6) is 0 Å². The second kappa shape index (κ2) is 9.19. The van der Waals surface area contributed by atoms with E-state index in [4.69, 9.17) is 5.11 Å². The minimum absolute atomic E-state index is 0.0434. The number of rotatable bonds is 8. The number of carbonyl (C=O) groups excluding carboxylic acids is 1. The number of carboxylic acid groups (broad SMARTS) is 1. The van der Waals surface area contributed by atoms with Gasteiger partial charge in [-0.25, -0.2) is 9.78 Å². The smallest absolute Gasteiger partial charge is 0.347 e. The summed E-state index contributed by atoms with van der Waals surface area (Å²) in [6.45, 7) is 7.57. The molecule has 2 rings (SSSR count). The molecular formula is C19H24N2O3S2. The summed E-state index contributed by atoms with van der Waals surface area (Å²) >= 11 is 2.73. The Balaban J connectivity index is 2.02. The number of nitrogens with zero attached hydrogens (tertiary/aromatic N) is 1. The van der Waals surface area contributed by atoms with E-state index in [9.17, 15) is 9.59 Å². The molecule has 1 heterocycles. The van der Waals surface area contributed by atoms with Crippen molar-refractivity contribution in [2.24, 2.45) is 5.92 Å². The highest BCUT2D eigenvalue weighted by Crippen LogP contribution is 2.27. The highest BCUT2D eigenvalue weighted by atomic mass is 32.2. The molecule has 0 bridgehead atoms. The van der Waals surface area contributed by atoms with Crippen LogP contribution in [-0.2, 0) is 10.5 Å². The maximum atomic E-state index is 12.7. The zero-order chi connectivity index (χ0) is 19.3. The molecule has 1 aromatic carbocycles. The number of carboxylic acids is 1. The average molecular weight is 393 g/mol. The summed E-state index contributed by atoms with van der Waals surface area (Å²) in [6.07, 6.45) is 0. The number of thiazole rings is 1. The molecule has 0 saturated heterocycles. The summed E-state index contributed by atoms with van der Waals surface area (Å²) in [6, 6.07) is 9.75. The van der Waals surface area contributed by atoms with Gasteiger partial charge in [0.2, 0.25) is 5.91 Å². The molecule has 2 unspecified atom stereocenters. The van der Waals surface area contributed by atoms with Gasteiger partial charge < -0.3 is 10.4 Å². The number of hydrogen-bond donors (Lipinski definition) is 2. The van der Waals surface area contributed by atoms with Crippen LogP contribution in [0.25, 0.3) is 0 Å². The van der Waals surface area contributed by atoms with E-state index in [1.54, 1.807) is 18.7 Å². The van der Waals surface area contributed by atoms with Gasteiger partial charge in [-0.05, 0) is 25.3 Å². The molecule has 0 aliphatic rings. The fourth-order valence-corrected chi connectivity index (χ4v) is 4.57. The number of aromatic carboxylic acids is 1. The monoisotopic (exact) mass is 392 g/mol. The molecule has 2 atom stereocenters. The van der Waals surface area contributed by atoms with Gasteiger partial charge in [-0.2, -0.15) is 0 Å². The van der Waals surface area contributed by atoms with Gasteiger partial charge in [0, 0.05) is 5.75 Å². The highest BCUT2D eigenvalue weighted by molar-refractivity contribution is 7.99. The van der Waals surface area contributed by atoms with Crippen molar-refractivity contribution in [3.63, 3.8) is 0 Å². The third kappa shape index (κ3) is 5.32. The van der Waals surface area contributed by atoms with E-state index < -0.39 is 5.97 Å². The Labute approximate surface area is 162 Å². The first-order valence-electron chi connectivity index (χ1n) is 8.46. The molecule has 7 heteroatoms. The van der Waals surface area contributed by atoms with Crippen LogP contribution in [0.2, 0.25) is 0 Å². The van der Waals surface area contributed by atoms with Crippen LogP contribution < -0.4 is 5.32 Å². The molecule has 0 saturated carbocycles. The molecule has 0 aliphatic heterocycles. The summed E-state index contributed by atoms with van der Waals surface area (Å²) in [5, 5.41) is 12.6. The highest BCUT2D eigenvalue weighted by Gasteiger charge is 2.26. The van der Waals surface area contributed by atoms with Gasteiger partial charge in [0.1, 0.15) is 9.88 Å². The van der Waals surface area contributed by atoms with Crippen molar-refractivity contribution in [1.29, 1.82) is 0 Å². The van der Waals surface area contributed by atoms with E-state index in [1.807, 2.05) is 39.0 Å².